The minimum Gasteiger partial charge on any atom is -0.294 e. The van der Waals surface area contributed by atoms with Gasteiger partial charge in [0.15, 0.2) is 5.82 Å². The molecular formula is C20H21FN4O. The zero-order valence-corrected chi connectivity index (χ0v) is 15.1. The fourth-order valence-corrected chi connectivity index (χ4v) is 2.88. The molecule has 0 radical (unpaired) electrons. The lowest BCUT2D eigenvalue weighted by molar-refractivity contribution is 0.626. The number of aromatic amines is 1. The van der Waals surface area contributed by atoms with Crippen molar-refractivity contribution in [3.8, 4) is 5.69 Å². The maximum Gasteiger partial charge on any atom is 0.280 e. The summed E-state index contributed by atoms with van der Waals surface area (Å²) >= 11 is 0. The van der Waals surface area contributed by atoms with Crippen LogP contribution in [-0.4, -0.2) is 20.5 Å². The third kappa shape index (κ3) is 3.64. The molecule has 2 heterocycles. The van der Waals surface area contributed by atoms with Gasteiger partial charge in [-0.3, -0.25) is 9.89 Å². The maximum absolute atomic E-state index is 13.2. The molecule has 0 saturated heterocycles. The van der Waals surface area contributed by atoms with Crippen molar-refractivity contribution in [2.75, 3.05) is 0 Å². The van der Waals surface area contributed by atoms with E-state index in [0.717, 1.165) is 17.8 Å². The third-order valence-electron chi connectivity index (χ3n) is 4.07. The normalized spacial score (nSPS) is 11.8. The van der Waals surface area contributed by atoms with Crippen molar-refractivity contribution in [1.29, 1.82) is 0 Å². The highest BCUT2D eigenvalue weighted by atomic mass is 19.1. The number of nitrogens with one attached hydrogen (secondary N) is 1. The number of benzene rings is 1. The molecule has 2 aromatic heterocycles. The van der Waals surface area contributed by atoms with Crippen molar-refractivity contribution >= 4 is 11.5 Å². The molecule has 0 amide bonds. The molecule has 1 aromatic carbocycles. The van der Waals surface area contributed by atoms with Crippen LogP contribution in [0.1, 0.15) is 37.2 Å². The summed E-state index contributed by atoms with van der Waals surface area (Å²) in [5.41, 5.74) is 3.21. The van der Waals surface area contributed by atoms with E-state index in [9.17, 15) is 9.18 Å². The Bertz CT molecular complexity index is 999. The van der Waals surface area contributed by atoms with Crippen LogP contribution in [0.5, 0.6) is 0 Å². The summed E-state index contributed by atoms with van der Waals surface area (Å²) in [6.45, 7) is 5.75. The number of aromatic nitrogens is 3. The molecule has 0 aliphatic rings. The van der Waals surface area contributed by atoms with Crippen LogP contribution >= 0.6 is 0 Å². The SMILES string of the molecule is CCCc1[nH]n(-c2ccc(F)cc2)c(=O)c1C(C)=Nc1cccc(C)n1. The van der Waals surface area contributed by atoms with E-state index in [1.54, 1.807) is 18.2 Å². The Kier molecular flexibility index (Phi) is 5.11. The van der Waals surface area contributed by atoms with Crippen molar-refractivity contribution < 1.29 is 4.39 Å². The smallest absolute Gasteiger partial charge is 0.280 e. The van der Waals surface area contributed by atoms with Gasteiger partial charge in [-0.05, 0) is 56.7 Å². The van der Waals surface area contributed by atoms with Crippen LogP contribution in [0, 0.1) is 12.7 Å². The van der Waals surface area contributed by atoms with Crippen LogP contribution in [0.25, 0.3) is 5.69 Å². The quantitative estimate of drug-likeness (QED) is 0.703. The number of nitrogens with zero attached hydrogens (tertiary/aromatic N) is 3. The molecule has 0 bridgehead atoms. The summed E-state index contributed by atoms with van der Waals surface area (Å²) in [6.07, 6.45) is 1.60. The van der Waals surface area contributed by atoms with Gasteiger partial charge in [0.25, 0.3) is 5.56 Å². The van der Waals surface area contributed by atoms with Crippen molar-refractivity contribution in [3.05, 3.63) is 75.6 Å². The lowest BCUT2D eigenvalue weighted by Crippen LogP contribution is -2.19. The van der Waals surface area contributed by atoms with Crippen LogP contribution in [0.3, 0.4) is 0 Å². The second kappa shape index (κ2) is 7.47. The Labute approximate surface area is 151 Å². The van der Waals surface area contributed by atoms with E-state index in [-0.39, 0.29) is 11.4 Å². The largest absolute Gasteiger partial charge is 0.294 e. The van der Waals surface area contributed by atoms with E-state index in [1.165, 1.54) is 16.8 Å². The predicted octanol–water partition coefficient (Wildman–Crippen LogP) is 4.10. The maximum atomic E-state index is 13.2. The topological polar surface area (TPSA) is 63.0 Å². The molecule has 5 nitrogen and oxygen atoms in total. The lowest BCUT2D eigenvalue weighted by atomic mass is 10.1. The number of rotatable bonds is 5. The number of H-pyrrole nitrogens is 1. The van der Waals surface area contributed by atoms with E-state index in [4.69, 9.17) is 0 Å². The Morgan fingerprint density at radius 1 is 1.23 bits per heavy atom. The summed E-state index contributed by atoms with van der Waals surface area (Å²) in [4.78, 5) is 21.9. The van der Waals surface area contributed by atoms with E-state index >= 15 is 0 Å². The third-order valence-corrected chi connectivity index (χ3v) is 4.07. The Balaban J connectivity index is 2.11. The molecule has 0 spiro atoms. The molecule has 0 fully saturated rings. The van der Waals surface area contributed by atoms with Gasteiger partial charge in [0.1, 0.15) is 5.82 Å². The summed E-state index contributed by atoms with van der Waals surface area (Å²) < 4.78 is 14.6. The first-order chi connectivity index (χ1) is 12.5. The highest BCUT2D eigenvalue weighted by Crippen LogP contribution is 2.15. The Morgan fingerprint density at radius 3 is 2.62 bits per heavy atom. The predicted molar refractivity (Wildman–Crippen MR) is 101 cm³/mol. The first-order valence-corrected chi connectivity index (χ1v) is 8.58. The fourth-order valence-electron chi connectivity index (χ4n) is 2.88. The minimum absolute atomic E-state index is 0.200. The highest BCUT2D eigenvalue weighted by molar-refractivity contribution is 6.00. The average Bonchev–Trinajstić information content (AvgIpc) is 2.92. The van der Waals surface area contributed by atoms with Crippen LogP contribution < -0.4 is 5.56 Å². The minimum atomic E-state index is -0.342. The van der Waals surface area contributed by atoms with Gasteiger partial charge < -0.3 is 0 Å². The molecule has 1 N–H and O–H groups in total. The summed E-state index contributed by atoms with van der Waals surface area (Å²) in [7, 11) is 0. The number of halogens is 1. The Hall–Kier alpha value is -3.02. The average molecular weight is 352 g/mol. The van der Waals surface area contributed by atoms with Crippen molar-refractivity contribution in [2.45, 2.75) is 33.6 Å². The molecule has 0 aliphatic heterocycles. The standard InChI is InChI=1S/C20H21FN4O/c1-4-6-17-19(14(3)23-18-8-5-7-13(2)22-18)20(26)25(24-17)16-11-9-15(21)10-12-16/h5,7-12,24H,4,6H2,1-3H3. The molecular weight excluding hydrogens is 331 g/mol. The van der Waals surface area contributed by atoms with Gasteiger partial charge >= 0.3 is 0 Å². The van der Waals surface area contributed by atoms with Gasteiger partial charge in [0.05, 0.1) is 17.0 Å². The van der Waals surface area contributed by atoms with Gasteiger partial charge in [0, 0.05) is 11.4 Å². The van der Waals surface area contributed by atoms with Crippen molar-refractivity contribution in [1.82, 2.24) is 14.8 Å². The molecule has 0 aliphatic carbocycles. The molecule has 3 aromatic rings. The zero-order chi connectivity index (χ0) is 18.7. The molecule has 0 saturated carbocycles. The van der Waals surface area contributed by atoms with E-state index < -0.39 is 0 Å². The first-order valence-electron chi connectivity index (χ1n) is 8.58. The highest BCUT2D eigenvalue weighted by Gasteiger charge is 2.17. The van der Waals surface area contributed by atoms with E-state index in [1.807, 2.05) is 32.9 Å². The van der Waals surface area contributed by atoms with Crippen LogP contribution in [0.4, 0.5) is 10.2 Å². The zero-order valence-electron chi connectivity index (χ0n) is 15.1. The molecule has 0 unspecified atom stereocenters. The number of hydrogen-bond acceptors (Lipinski definition) is 3. The van der Waals surface area contributed by atoms with Crippen molar-refractivity contribution in [2.24, 2.45) is 4.99 Å². The van der Waals surface area contributed by atoms with Gasteiger partial charge in [-0.2, -0.15) is 0 Å². The van der Waals surface area contributed by atoms with Gasteiger partial charge in [-0.15, -0.1) is 0 Å². The van der Waals surface area contributed by atoms with Gasteiger partial charge in [-0.25, -0.2) is 19.0 Å². The number of aliphatic imine (C=N–C) groups is 1. The van der Waals surface area contributed by atoms with E-state index in [0.29, 0.717) is 29.2 Å². The fraction of sp³-hybridized carbons (Fsp3) is 0.250. The van der Waals surface area contributed by atoms with Gasteiger partial charge in [-0.1, -0.05) is 19.4 Å². The molecule has 3 rings (SSSR count). The van der Waals surface area contributed by atoms with E-state index in [2.05, 4.69) is 15.1 Å². The summed E-state index contributed by atoms with van der Waals surface area (Å²) in [5, 5.41) is 3.15. The van der Waals surface area contributed by atoms with Crippen LogP contribution in [0.15, 0.2) is 52.3 Å². The second-order valence-electron chi connectivity index (χ2n) is 6.17. The van der Waals surface area contributed by atoms with Gasteiger partial charge in [0.2, 0.25) is 0 Å². The molecule has 0 atom stereocenters. The number of pyridine rings is 1. The van der Waals surface area contributed by atoms with Crippen molar-refractivity contribution in [3.63, 3.8) is 0 Å². The lowest BCUT2D eigenvalue weighted by Gasteiger charge is -2.01. The first kappa shape index (κ1) is 17.8. The van der Waals surface area contributed by atoms with Crippen LogP contribution in [-0.2, 0) is 6.42 Å². The Morgan fingerprint density at radius 2 is 1.96 bits per heavy atom. The van der Waals surface area contributed by atoms with Crippen LogP contribution in [0.2, 0.25) is 0 Å². The summed E-state index contributed by atoms with van der Waals surface area (Å²) in [5.74, 6) is 0.226. The molecule has 6 heteroatoms. The number of hydrogen-bond donors (Lipinski definition) is 1. The number of aryl methyl sites for hydroxylation is 2. The molecule has 26 heavy (non-hydrogen) atoms. The molecule has 134 valence electrons. The second-order valence-corrected chi connectivity index (χ2v) is 6.17. The summed E-state index contributed by atoms with van der Waals surface area (Å²) in [6, 6.07) is 11.4. The monoisotopic (exact) mass is 352 g/mol.